The summed E-state index contributed by atoms with van der Waals surface area (Å²) in [7, 11) is 0. The molecule has 0 fully saturated rings. The molecule has 1 aromatic heterocycles. The Morgan fingerprint density at radius 2 is 1.95 bits per heavy atom. The zero-order valence-electron chi connectivity index (χ0n) is 12.0. The Bertz CT molecular complexity index is 558. The molecule has 1 N–H and O–H groups in total. The zero-order chi connectivity index (χ0) is 13.8. The number of aromatic nitrogens is 2. The van der Waals surface area contributed by atoms with Crippen LogP contribution in [0.15, 0.2) is 24.3 Å². The van der Waals surface area contributed by atoms with Crippen molar-refractivity contribution in [3.8, 4) is 17.0 Å². The Hall–Kier alpha value is -1.77. The van der Waals surface area contributed by atoms with E-state index in [1.54, 1.807) is 0 Å². The van der Waals surface area contributed by atoms with Gasteiger partial charge >= 0.3 is 0 Å². The molecular weight excluding hydrogens is 236 g/mol. The molecule has 0 radical (unpaired) electrons. The molecule has 2 aromatic rings. The average Bonchev–Trinajstić information content (AvgIpc) is 2.73. The molecule has 0 bridgehead atoms. The summed E-state index contributed by atoms with van der Waals surface area (Å²) in [6, 6.07) is 8.12. The number of hydrogen-bond donors (Lipinski definition) is 1. The second-order valence-electron chi connectivity index (χ2n) is 4.88. The van der Waals surface area contributed by atoms with Crippen molar-refractivity contribution in [3.05, 3.63) is 35.5 Å². The highest BCUT2D eigenvalue weighted by atomic mass is 16.3. The maximum Gasteiger partial charge on any atom is 0.164 e. The summed E-state index contributed by atoms with van der Waals surface area (Å²) in [5.41, 5.74) is 3.90. The molecule has 1 heterocycles. The lowest BCUT2D eigenvalue weighted by atomic mass is 10.0. The van der Waals surface area contributed by atoms with E-state index < -0.39 is 0 Å². The van der Waals surface area contributed by atoms with E-state index in [0.29, 0.717) is 5.75 Å². The first kappa shape index (κ1) is 13.7. The number of rotatable bonds is 5. The fraction of sp³-hybridized carbons (Fsp3) is 0.438. The highest BCUT2D eigenvalue weighted by Gasteiger charge is 2.18. The molecule has 0 aliphatic rings. The van der Waals surface area contributed by atoms with Gasteiger partial charge in [-0.2, -0.15) is 5.10 Å². The van der Waals surface area contributed by atoms with Crippen LogP contribution in [-0.2, 0) is 13.0 Å². The van der Waals surface area contributed by atoms with Gasteiger partial charge in [-0.3, -0.25) is 4.68 Å². The van der Waals surface area contributed by atoms with E-state index in [1.807, 2.05) is 22.9 Å². The number of nitrogens with zero attached hydrogens (tertiary/aromatic N) is 2. The SMILES string of the molecule is CCCCc1nn(CC)c(-c2ccccc2C)c1O. The van der Waals surface area contributed by atoms with Gasteiger partial charge in [-0.1, -0.05) is 37.6 Å². The van der Waals surface area contributed by atoms with Crippen LogP contribution in [0.3, 0.4) is 0 Å². The summed E-state index contributed by atoms with van der Waals surface area (Å²) in [4.78, 5) is 0. The fourth-order valence-corrected chi connectivity index (χ4v) is 2.35. The molecule has 0 atom stereocenters. The lowest BCUT2D eigenvalue weighted by Crippen LogP contribution is -2.00. The van der Waals surface area contributed by atoms with Crippen LogP contribution in [0.2, 0.25) is 0 Å². The number of benzene rings is 1. The second-order valence-corrected chi connectivity index (χ2v) is 4.88. The Balaban J connectivity index is 2.50. The van der Waals surface area contributed by atoms with E-state index in [9.17, 15) is 5.11 Å². The molecule has 19 heavy (non-hydrogen) atoms. The maximum absolute atomic E-state index is 10.5. The first-order valence-corrected chi connectivity index (χ1v) is 7.03. The van der Waals surface area contributed by atoms with Crippen molar-refractivity contribution >= 4 is 0 Å². The summed E-state index contributed by atoms with van der Waals surface area (Å²) < 4.78 is 1.91. The minimum Gasteiger partial charge on any atom is -0.504 e. The minimum atomic E-state index is 0.351. The maximum atomic E-state index is 10.5. The topological polar surface area (TPSA) is 38.0 Å². The quantitative estimate of drug-likeness (QED) is 0.882. The van der Waals surface area contributed by atoms with Crippen molar-refractivity contribution in [2.75, 3.05) is 0 Å². The highest BCUT2D eigenvalue weighted by Crippen LogP contribution is 2.34. The summed E-state index contributed by atoms with van der Waals surface area (Å²) in [6.07, 6.45) is 3.01. The third-order valence-electron chi connectivity index (χ3n) is 3.46. The summed E-state index contributed by atoms with van der Waals surface area (Å²) in [5.74, 6) is 0.351. The number of hydrogen-bond acceptors (Lipinski definition) is 2. The Kier molecular flexibility index (Phi) is 4.25. The Morgan fingerprint density at radius 3 is 2.58 bits per heavy atom. The van der Waals surface area contributed by atoms with Gasteiger partial charge in [0.15, 0.2) is 5.75 Å². The smallest absolute Gasteiger partial charge is 0.164 e. The van der Waals surface area contributed by atoms with Crippen LogP contribution < -0.4 is 0 Å². The average molecular weight is 258 g/mol. The molecule has 0 aliphatic carbocycles. The van der Waals surface area contributed by atoms with Crippen LogP contribution in [-0.4, -0.2) is 14.9 Å². The van der Waals surface area contributed by atoms with Gasteiger partial charge in [0.2, 0.25) is 0 Å². The predicted molar refractivity (Wildman–Crippen MR) is 78.4 cm³/mol. The van der Waals surface area contributed by atoms with Gasteiger partial charge in [-0.05, 0) is 32.3 Å². The molecule has 0 unspecified atom stereocenters. The molecular formula is C16H22N2O. The van der Waals surface area contributed by atoms with Crippen molar-refractivity contribution in [2.45, 2.75) is 46.6 Å². The first-order chi connectivity index (χ1) is 9.19. The van der Waals surface area contributed by atoms with Crippen LogP contribution in [0.25, 0.3) is 11.3 Å². The van der Waals surface area contributed by atoms with E-state index in [2.05, 4.69) is 31.9 Å². The van der Waals surface area contributed by atoms with Crippen molar-refractivity contribution in [3.63, 3.8) is 0 Å². The van der Waals surface area contributed by atoms with Crippen LogP contribution in [0.4, 0.5) is 0 Å². The highest BCUT2D eigenvalue weighted by molar-refractivity contribution is 5.70. The Morgan fingerprint density at radius 1 is 1.21 bits per heavy atom. The summed E-state index contributed by atoms with van der Waals surface area (Å²) in [5, 5.41) is 15.0. The van der Waals surface area contributed by atoms with Gasteiger partial charge in [0.25, 0.3) is 0 Å². The van der Waals surface area contributed by atoms with Crippen LogP contribution >= 0.6 is 0 Å². The molecule has 0 aliphatic heterocycles. The molecule has 1 aromatic carbocycles. The normalized spacial score (nSPS) is 10.9. The fourth-order valence-electron chi connectivity index (χ4n) is 2.35. The number of aromatic hydroxyl groups is 1. The first-order valence-electron chi connectivity index (χ1n) is 7.03. The third kappa shape index (κ3) is 2.65. The van der Waals surface area contributed by atoms with Gasteiger partial charge < -0.3 is 5.11 Å². The zero-order valence-corrected chi connectivity index (χ0v) is 12.0. The minimum absolute atomic E-state index is 0.351. The molecule has 3 nitrogen and oxygen atoms in total. The summed E-state index contributed by atoms with van der Waals surface area (Å²) in [6.45, 7) is 7.03. The number of unbranched alkanes of at least 4 members (excludes halogenated alkanes) is 1. The largest absolute Gasteiger partial charge is 0.504 e. The van der Waals surface area contributed by atoms with E-state index in [0.717, 1.165) is 48.3 Å². The van der Waals surface area contributed by atoms with Crippen molar-refractivity contribution < 1.29 is 5.11 Å². The second kappa shape index (κ2) is 5.91. The van der Waals surface area contributed by atoms with Crippen LogP contribution in [0, 0.1) is 6.92 Å². The lowest BCUT2D eigenvalue weighted by molar-refractivity contribution is 0.468. The number of aryl methyl sites for hydroxylation is 3. The van der Waals surface area contributed by atoms with E-state index in [-0.39, 0.29) is 0 Å². The molecule has 0 spiro atoms. The van der Waals surface area contributed by atoms with Gasteiger partial charge in [-0.15, -0.1) is 0 Å². The summed E-state index contributed by atoms with van der Waals surface area (Å²) >= 11 is 0. The molecule has 2 rings (SSSR count). The van der Waals surface area contributed by atoms with E-state index in [1.165, 1.54) is 0 Å². The van der Waals surface area contributed by atoms with Crippen molar-refractivity contribution in [2.24, 2.45) is 0 Å². The van der Waals surface area contributed by atoms with E-state index >= 15 is 0 Å². The van der Waals surface area contributed by atoms with Gasteiger partial charge in [0.05, 0.1) is 0 Å². The monoisotopic (exact) mass is 258 g/mol. The van der Waals surface area contributed by atoms with Crippen LogP contribution in [0.5, 0.6) is 5.75 Å². The lowest BCUT2D eigenvalue weighted by Gasteiger charge is -2.08. The van der Waals surface area contributed by atoms with Crippen LogP contribution in [0.1, 0.15) is 37.9 Å². The van der Waals surface area contributed by atoms with Gasteiger partial charge in [0.1, 0.15) is 11.4 Å². The molecule has 0 saturated heterocycles. The van der Waals surface area contributed by atoms with Crippen molar-refractivity contribution in [1.82, 2.24) is 9.78 Å². The van der Waals surface area contributed by atoms with Gasteiger partial charge in [0, 0.05) is 12.1 Å². The van der Waals surface area contributed by atoms with Crippen molar-refractivity contribution in [1.29, 1.82) is 0 Å². The predicted octanol–water partition coefficient (Wildman–Crippen LogP) is 3.93. The third-order valence-corrected chi connectivity index (χ3v) is 3.46. The molecule has 0 amide bonds. The Labute approximate surface area is 114 Å². The molecule has 102 valence electrons. The molecule has 3 heteroatoms. The standard InChI is InChI=1S/C16H22N2O/c1-4-6-11-14-16(19)15(18(5-2)17-14)13-10-8-7-9-12(13)3/h7-10,19H,4-6,11H2,1-3H3. The molecule has 0 saturated carbocycles. The van der Waals surface area contributed by atoms with E-state index in [4.69, 9.17) is 0 Å². The van der Waals surface area contributed by atoms with Gasteiger partial charge in [-0.25, -0.2) is 0 Å².